The minimum absolute atomic E-state index is 0.151. The number of aromatic nitrogens is 2. The van der Waals surface area contributed by atoms with Crippen molar-refractivity contribution in [2.45, 2.75) is 19.6 Å². The highest BCUT2D eigenvalue weighted by molar-refractivity contribution is 5.94. The molecular weight excluding hydrogens is 359 g/mol. The summed E-state index contributed by atoms with van der Waals surface area (Å²) in [6.45, 7) is 2.48. The van der Waals surface area contributed by atoms with Gasteiger partial charge in [0, 0.05) is 24.7 Å². The third kappa shape index (κ3) is 3.89. The fourth-order valence-corrected chi connectivity index (χ4v) is 2.85. The number of aryl methyl sites for hydroxylation is 1. The summed E-state index contributed by atoms with van der Waals surface area (Å²) in [6.07, 6.45) is -2.77. The van der Waals surface area contributed by atoms with Crippen molar-refractivity contribution in [3.63, 3.8) is 0 Å². The fraction of sp³-hybridized carbons (Fsp3) is 0.263. The highest BCUT2D eigenvalue weighted by atomic mass is 19.4. The predicted octanol–water partition coefficient (Wildman–Crippen LogP) is 3.92. The van der Waals surface area contributed by atoms with Gasteiger partial charge in [-0.3, -0.25) is 4.79 Å². The van der Waals surface area contributed by atoms with E-state index in [4.69, 9.17) is 4.74 Å². The molecule has 3 rings (SSSR count). The molecular formula is C19H18F3N3O2. The van der Waals surface area contributed by atoms with Crippen LogP contribution in [0.4, 0.5) is 13.2 Å². The Morgan fingerprint density at radius 2 is 1.89 bits per heavy atom. The minimum atomic E-state index is -4.43. The lowest BCUT2D eigenvalue weighted by atomic mass is 10.1. The largest absolute Gasteiger partial charge is 0.493 e. The number of carbonyl (C=O) groups is 1. The third-order valence-corrected chi connectivity index (χ3v) is 4.14. The number of hydrogen-bond acceptors (Lipinski definition) is 3. The summed E-state index contributed by atoms with van der Waals surface area (Å²) < 4.78 is 45.4. The van der Waals surface area contributed by atoms with Crippen molar-refractivity contribution in [2.24, 2.45) is 7.05 Å². The predicted molar refractivity (Wildman–Crippen MR) is 94.5 cm³/mol. The van der Waals surface area contributed by atoms with Gasteiger partial charge >= 0.3 is 6.18 Å². The van der Waals surface area contributed by atoms with Crippen molar-refractivity contribution in [2.75, 3.05) is 6.61 Å². The summed E-state index contributed by atoms with van der Waals surface area (Å²) in [5, 5.41) is 2.74. The molecule has 142 valence electrons. The van der Waals surface area contributed by atoms with Crippen molar-refractivity contribution in [1.29, 1.82) is 0 Å². The third-order valence-electron chi connectivity index (χ3n) is 4.14. The van der Waals surface area contributed by atoms with Gasteiger partial charge in [0.25, 0.3) is 5.91 Å². The molecule has 1 aromatic heterocycles. The molecule has 5 nitrogen and oxygen atoms in total. The number of ether oxygens (including phenoxy) is 1. The van der Waals surface area contributed by atoms with E-state index < -0.39 is 17.6 Å². The van der Waals surface area contributed by atoms with Crippen LogP contribution in [0.2, 0.25) is 0 Å². The van der Waals surface area contributed by atoms with Crippen LogP contribution < -0.4 is 10.1 Å². The van der Waals surface area contributed by atoms with Crippen LogP contribution in [0.5, 0.6) is 5.75 Å². The first-order valence-electron chi connectivity index (χ1n) is 8.32. The molecule has 0 saturated heterocycles. The average Bonchev–Trinajstić information content (AvgIpc) is 3.01. The quantitative estimate of drug-likeness (QED) is 0.733. The lowest BCUT2D eigenvalue weighted by molar-refractivity contribution is -0.137. The Labute approximate surface area is 153 Å². The molecule has 1 amide bonds. The standard InChI is InChI=1S/C19H18F3N3O2/c1-3-27-16-9-8-15-17(25(2)11-24-15)14(16)10-23-18(26)12-4-6-13(7-5-12)19(20,21)22/h4-9,11H,3,10H2,1-2H3,(H,23,26). The van der Waals surface area contributed by atoms with Crippen LogP contribution in [-0.4, -0.2) is 22.1 Å². The number of carbonyl (C=O) groups excluding carboxylic acids is 1. The zero-order chi connectivity index (χ0) is 19.6. The molecule has 8 heteroatoms. The first kappa shape index (κ1) is 18.8. The van der Waals surface area contributed by atoms with E-state index in [-0.39, 0.29) is 12.1 Å². The number of rotatable bonds is 5. The maximum atomic E-state index is 12.6. The maximum absolute atomic E-state index is 12.6. The topological polar surface area (TPSA) is 56.1 Å². The minimum Gasteiger partial charge on any atom is -0.493 e. The molecule has 0 fully saturated rings. The van der Waals surface area contributed by atoms with E-state index >= 15 is 0 Å². The van der Waals surface area contributed by atoms with Crippen LogP contribution >= 0.6 is 0 Å². The Hall–Kier alpha value is -3.03. The van der Waals surface area contributed by atoms with E-state index in [0.717, 1.165) is 40.9 Å². The number of imidazole rings is 1. The summed E-state index contributed by atoms with van der Waals surface area (Å²) in [5.41, 5.74) is 1.71. The van der Waals surface area contributed by atoms with Crippen LogP contribution in [0.1, 0.15) is 28.4 Å². The van der Waals surface area contributed by atoms with Gasteiger partial charge in [0.2, 0.25) is 0 Å². The first-order valence-corrected chi connectivity index (χ1v) is 8.32. The first-order chi connectivity index (χ1) is 12.8. The number of halogens is 3. The SMILES string of the molecule is CCOc1ccc2ncn(C)c2c1CNC(=O)c1ccc(C(F)(F)F)cc1. The second kappa shape index (κ2) is 7.30. The van der Waals surface area contributed by atoms with E-state index in [9.17, 15) is 18.0 Å². The average molecular weight is 377 g/mol. The van der Waals surface area contributed by atoms with Crippen LogP contribution in [0.3, 0.4) is 0 Å². The molecule has 0 spiro atoms. The van der Waals surface area contributed by atoms with Crippen molar-refractivity contribution in [3.8, 4) is 5.75 Å². The van der Waals surface area contributed by atoms with Gasteiger partial charge in [0.05, 0.1) is 29.5 Å². The van der Waals surface area contributed by atoms with Gasteiger partial charge in [-0.2, -0.15) is 13.2 Å². The number of fused-ring (bicyclic) bond motifs is 1. The van der Waals surface area contributed by atoms with E-state index in [1.54, 1.807) is 12.4 Å². The summed E-state index contributed by atoms with van der Waals surface area (Å²) in [7, 11) is 1.84. The number of alkyl halides is 3. The Morgan fingerprint density at radius 1 is 1.19 bits per heavy atom. The normalized spacial score (nSPS) is 11.6. The fourth-order valence-electron chi connectivity index (χ4n) is 2.85. The van der Waals surface area contributed by atoms with Gasteiger partial charge < -0.3 is 14.6 Å². The van der Waals surface area contributed by atoms with E-state index in [0.29, 0.717) is 12.4 Å². The lowest BCUT2D eigenvalue weighted by Crippen LogP contribution is -2.23. The van der Waals surface area contributed by atoms with Crippen LogP contribution in [0.25, 0.3) is 11.0 Å². The van der Waals surface area contributed by atoms with E-state index in [1.165, 1.54) is 0 Å². The molecule has 1 heterocycles. The van der Waals surface area contributed by atoms with Gasteiger partial charge in [-0.15, -0.1) is 0 Å². The summed E-state index contributed by atoms with van der Waals surface area (Å²) >= 11 is 0. The lowest BCUT2D eigenvalue weighted by Gasteiger charge is -2.14. The van der Waals surface area contributed by atoms with E-state index in [2.05, 4.69) is 10.3 Å². The Balaban J connectivity index is 1.82. The van der Waals surface area contributed by atoms with Gasteiger partial charge in [-0.1, -0.05) is 0 Å². The van der Waals surface area contributed by atoms with Crippen LogP contribution in [0.15, 0.2) is 42.7 Å². The Kier molecular flexibility index (Phi) is 5.07. The summed E-state index contributed by atoms with van der Waals surface area (Å²) in [4.78, 5) is 16.6. The number of nitrogens with one attached hydrogen (secondary N) is 1. The molecule has 2 aromatic carbocycles. The monoisotopic (exact) mass is 377 g/mol. The van der Waals surface area contributed by atoms with Crippen molar-refractivity contribution in [3.05, 3.63) is 59.4 Å². The molecule has 0 aliphatic carbocycles. The molecule has 0 bridgehead atoms. The zero-order valence-corrected chi connectivity index (χ0v) is 14.8. The van der Waals surface area contributed by atoms with Crippen LogP contribution in [0, 0.1) is 0 Å². The highest BCUT2D eigenvalue weighted by Crippen LogP contribution is 2.29. The van der Waals surface area contributed by atoms with Gasteiger partial charge in [-0.05, 0) is 43.3 Å². The van der Waals surface area contributed by atoms with Gasteiger partial charge in [0.1, 0.15) is 5.75 Å². The van der Waals surface area contributed by atoms with Crippen molar-refractivity contribution < 1.29 is 22.7 Å². The zero-order valence-electron chi connectivity index (χ0n) is 14.8. The summed E-state index contributed by atoms with van der Waals surface area (Å²) in [5.74, 6) is 0.159. The molecule has 0 unspecified atom stereocenters. The number of nitrogens with zero attached hydrogens (tertiary/aromatic N) is 2. The summed E-state index contributed by atoms with van der Waals surface area (Å²) in [6, 6.07) is 7.73. The second-order valence-corrected chi connectivity index (χ2v) is 5.96. The maximum Gasteiger partial charge on any atom is 0.416 e. The number of hydrogen-bond donors (Lipinski definition) is 1. The molecule has 3 aromatic rings. The van der Waals surface area contributed by atoms with E-state index in [1.807, 2.05) is 24.6 Å². The molecule has 1 N–H and O–H groups in total. The van der Waals surface area contributed by atoms with Crippen LogP contribution in [-0.2, 0) is 19.8 Å². The highest BCUT2D eigenvalue weighted by Gasteiger charge is 2.30. The number of benzene rings is 2. The number of amides is 1. The molecule has 0 saturated carbocycles. The molecule has 0 aliphatic rings. The van der Waals surface area contributed by atoms with Gasteiger partial charge in [0.15, 0.2) is 0 Å². The van der Waals surface area contributed by atoms with Gasteiger partial charge in [-0.25, -0.2) is 4.98 Å². The second-order valence-electron chi connectivity index (χ2n) is 5.96. The molecule has 27 heavy (non-hydrogen) atoms. The Bertz CT molecular complexity index is 963. The molecule has 0 aliphatic heterocycles. The molecule has 0 atom stereocenters. The smallest absolute Gasteiger partial charge is 0.416 e. The van der Waals surface area contributed by atoms with Crippen molar-refractivity contribution in [1.82, 2.24) is 14.9 Å². The molecule has 0 radical (unpaired) electrons. The van der Waals surface area contributed by atoms with Crippen molar-refractivity contribution >= 4 is 16.9 Å². The Morgan fingerprint density at radius 3 is 2.52 bits per heavy atom.